The van der Waals surface area contributed by atoms with E-state index in [1.165, 1.54) is 13.0 Å². The summed E-state index contributed by atoms with van der Waals surface area (Å²) in [6, 6.07) is 0. The minimum Gasteiger partial charge on any atom is -0.391 e. The fourth-order valence-electron chi connectivity index (χ4n) is 2.91. The zero-order valence-corrected chi connectivity index (χ0v) is 11.3. The molecule has 2 heterocycles. The molecule has 0 bridgehead atoms. The maximum Gasteiger partial charge on any atom is 0.0707 e. The van der Waals surface area contributed by atoms with Gasteiger partial charge in [0, 0.05) is 45.2 Å². The molecule has 0 spiro atoms. The average Bonchev–Trinajstić information content (AvgIpc) is 2.81. The highest BCUT2D eigenvalue weighted by Crippen LogP contribution is 2.20. The summed E-state index contributed by atoms with van der Waals surface area (Å²) in [4.78, 5) is 7.22. The van der Waals surface area contributed by atoms with Crippen molar-refractivity contribution in [2.45, 2.75) is 19.4 Å². The highest BCUT2D eigenvalue weighted by molar-refractivity contribution is 4.83. The van der Waals surface area contributed by atoms with Crippen LogP contribution in [0.2, 0.25) is 0 Å². The molecule has 0 aromatic carbocycles. The van der Waals surface area contributed by atoms with Crippen LogP contribution in [-0.2, 0) is 0 Å². The molecule has 0 amide bonds. The number of piperazine rings is 1. The van der Waals surface area contributed by atoms with Gasteiger partial charge in [-0.15, -0.1) is 0 Å². The first-order chi connectivity index (χ1) is 8.19. The second kappa shape index (κ2) is 6.14. The number of hydrogen-bond donors (Lipinski definition) is 1. The van der Waals surface area contributed by atoms with Crippen LogP contribution in [0.1, 0.15) is 13.3 Å². The molecule has 17 heavy (non-hydrogen) atoms. The summed E-state index contributed by atoms with van der Waals surface area (Å²) in [7, 11) is 2.17. The lowest BCUT2D eigenvalue weighted by atomic mass is 10.0. The van der Waals surface area contributed by atoms with Crippen molar-refractivity contribution in [3.8, 4) is 0 Å². The highest BCUT2D eigenvalue weighted by atomic mass is 16.3. The number of nitrogens with zero attached hydrogens (tertiary/aromatic N) is 3. The minimum absolute atomic E-state index is 0.130. The third-order valence-electron chi connectivity index (χ3n) is 4.34. The van der Waals surface area contributed by atoms with Crippen molar-refractivity contribution in [3.63, 3.8) is 0 Å². The molecule has 1 N–H and O–H groups in total. The van der Waals surface area contributed by atoms with E-state index >= 15 is 0 Å². The van der Waals surface area contributed by atoms with E-state index in [9.17, 15) is 5.11 Å². The summed E-state index contributed by atoms with van der Waals surface area (Å²) in [5, 5.41) is 10.3. The van der Waals surface area contributed by atoms with E-state index in [4.69, 9.17) is 0 Å². The third kappa shape index (κ3) is 3.65. The fraction of sp³-hybridized carbons (Fsp3) is 1.00. The molecule has 100 valence electrons. The number of likely N-dealkylation sites (N-methyl/N-ethyl adjacent to an activating group) is 1. The molecule has 0 radical (unpaired) electrons. The zero-order chi connectivity index (χ0) is 12.3. The third-order valence-corrected chi connectivity index (χ3v) is 4.34. The molecular weight excluding hydrogens is 214 g/mol. The van der Waals surface area contributed by atoms with Gasteiger partial charge in [0.15, 0.2) is 0 Å². The largest absolute Gasteiger partial charge is 0.391 e. The summed E-state index contributed by atoms with van der Waals surface area (Å²) >= 11 is 0. The van der Waals surface area contributed by atoms with Crippen molar-refractivity contribution in [1.82, 2.24) is 14.7 Å². The minimum atomic E-state index is -0.130. The van der Waals surface area contributed by atoms with E-state index < -0.39 is 0 Å². The monoisotopic (exact) mass is 241 g/mol. The van der Waals surface area contributed by atoms with Crippen LogP contribution in [0.25, 0.3) is 0 Å². The Morgan fingerprint density at radius 3 is 2.41 bits per heavy atom. The standard InChI is InChI=1S/C13H27N3O/c1-3-15-5-4-12(10-15)13(17)11-16-8-6-14(2)7-9-16/h12-13,17H,3-11H2,1-2H3. The summed E-state index contributed by atoms with van der Waals surface area (Å²) in [6.45, 7) is 10.9. The Morgan fingerprint density at radius 1 is 1.12 bits per heavy atom. The van der Waals surface area contributed by atoms with Crippen LogP contribution in [0.3, 0.4) is 0 Å². The van der Waals surface area contributed by atoms with Crippen LogP contribution in [-0.4, -0.2) is 85.3 Å². The predicted octanol–water partition coefficient (Wildman–Crippen LogP) is -0.0635. The smallest absolute Gasteiger partial charge is 0.0707 e. The van der Waals surface area contributed by atoms with Gasteiger partial charge in [-0.2, -0.15) is 0 Å². The second-order valence-electron chi connectivity index (χ2n) is 5.61. The molecule has 2 saturated heterocycles. The van der Waals surface area contributed by atoms with Gasteiger partial charge >= 0.3 is 0 Å². The molecule has 2 aliphatic rings. The van der Waals surface area contributed by atoms with Gasteiger partial charge in [-0.25, -0.2) is 0 Å². The van der Waals surface area contributed by atoms with Gasteiger partial charge in [-0.1, -0.05) is 6.92 Å². The van der Waals surface area contributed by atoms with E-state index in [0.717, 1.165) is 45.8 Å². The van der Waals surface area contributed by atoms with Gasteiger partial charge in [-0.05, 0) is 26.6 Å². The summed E-state index contributed by atoms with van der Waals surface area (Å²) in [6.07, 6.45) is 1.04. The number of rotatable bonds is 4. The lowest BCUT2D eigenvalue weighted by Gasteiger charge is -2.34. The van der Waals surface area contributed by atoms with E-state index in [0.29, 0.717) is 5.92 Å². The molecule has 0 aliphatic carbocycles. The summed E-state index contributed by atoms with van der Waals surface area (Å²) < 4.78 is 0. The molecule has 2 aliphatic heterocycles. The van der Waals surface area contributed by atoms with E-state index in [1.807, 2.05) is 0 Å². The van der Waals surface area contributed by atoms with Gasteiger partial charge in [0.25, 0.3) is 0 Å². The van der Waals surface area contributed by atoms with Crippen molar-refractivity contribution in [3.05, 3.63) is 0 Å². The van der Waals surface area contributed by atoms with Crippen LogP contribution in [0, 0.1) is 5.92 Å². The van der Waals surface area contributed by atoms with Gasteiger partial charge in [0.05, 0.1) is 6.10 Å². The first-order valence-electron chi connectivity index (χ1n) is 7.00. The molecule has 4 heteroatoms. The molecule has 2 atom stereocenters. The van der Waals surface area contributed by atoms with Crippen molar-refractivity contribution >= 4 is 0 Å². The molecule has 0 saturated carbocycles. The summed E-state index contributed by atoms with van der Waals surface area (Å²) in [5.41, 5.74) is 0. The molecule has 2 unspecified atom stereocenters. The Kier molecular flexibility index (Phi) is 4.79. The number of β-amino-alcohol motifs (C(OH)–C–C–N with tert-alkyl or cyclic N) is 1. The lowest BCUT2D eigenvalue weighted by molar-refractivity contribution is 0.0475. The first-order valence-corrected chi connectivity index (χ1v) is 7.00. The lowest BCUT2D eigenvalue weighted by Crippen LogP contribution is -2.48. The number of aliphatic hydroxyl groups excluding tert-OH is 1. The maximum atomic E-state index is 10.3. The quantitative estimate of drug-likeness (QED) is 0.747. The van der Waals surface area contributed by atoms with Crippen LogP contribution in [0.5, 0.6) is 0 Å². The topological polar surface area (TPSA) is 30.0 Å². The highest BCUT2D eigenvalue weighted by Gasteiger charge is 2.29. The van der Waals surface area contributed by atoms with Gasteiger partial charge in [0.2, 0.25) is 0 Å². The maximum absolute atomic E-state index is 10.3. The fourth-order valence-corrected chi connectivity index (χ4v) is 2.91. The van der Waals surface area contributed by atoms with Crippen LogP contribution in [0.15, 0.2) is 0 Å². The Hall–Kier alpha value is -0.160. The van der Waals surface area contributed by atoms with Crippen molar-refractivity contribution < 1.29 is 5.11 Å². The molecular formula is C13H27N3O. The Morgan fingerprint density at radius 2 is 1.82 bits per heavy atom. The van der Waals surface area contributed by atoms with Gasteiger partial charge < -0.3 is 14.9 Å². The normalized spacial score (nSPS) is 30.9. The summed E-state index contributed by atoms with van der Waals surface area (Å²) in [5.74, 6) is 0.495. The van der Waals surface area contributed by atoms with Crippen LogP contribution in [0.4, 0.5) is 0 Å². The Labute approximate surface area is 105 Å². The number of aliphatic hydroxyl groups is 1. The van der Waals surface area contributed by atoms with E-state index in [-0.39, 0.29) is 6.10 Å². The van der Waals surface area contributed by atoms with Gasteiger partial charge in [-0.3, -0.25) is 4.90 Å². The predicted molar refractivity (Wildman–Crippen MR) is 70.2 cm³/mol. The van der Waals surface area contributed by atoms with Crippen molar-refractivity contribution in [2.24, 2.45) is 5.92 Å². The average molecular weight is 241 g/mol. The molecule has 2 rings (SSSR count). The Balaban J connectivity index is 1.72. The molecule has 2 fully saturated rings. The second-order valence-corrected chi connectivity index (χ2v) is 5.61. The first kappa shape index (κ1) is 13.3. The van der Waals surface area contributed by atoms with Crippen molar-refractivity contribution in [1.29, 1.82) is 0 Å². The van der Waals surface area contributed by atoms with Crippen LogP contribution >= 0.6 is 0 Å². The molecule has 0 aromatic heterocycles. The molecule has 4 nitrogen and oxygen atoms in total. The number of hydrogen-bond acceptors (Lipinski definition) is 4. The Bertz CT molecular complexity index is 229. The molecule has 0 aromatic rings. The SMILES string of the molecule is CCN1CCC(C(O)CN2CCN(C)CC2)C1. The van der Waals surface area contributed by atoms with Crippen molar-refractivity contribution in [2.75, 3.05) is 59.4 Å². The van der Waals surface area contributed by atoms with E-state index in [1.54, 1.807) is 0 Å². The zero-order valence-electron chi connectivity index (χ0n) is 11.3. The van der Waals surface area contributed by atoms with Crippen LogP contribution < -0.4 is 0 Å². The van der Waals surface area contributed by atoms with Gasteiger partial charge in [0.1, 0.15) is 0 Å². The van der Waals surface area contributed by atoms with E-state index in [2.05, 4.69) is 28.7 Å². The number of likely N-dealkylation sites (tertiary alicyclic amines) is 1.